The van der Waals surface area contributed by atoms with Crippen LogP contribution >= 0.6 is 0 Å². The van der Waals surface area contributed by atoms with E-state index < -0.39 is 0 Å². The van der Waals surface area contributed by atoms with Crippen LogP contribution in [0.5, 0.6) is 5.75 Å². The quantitative estimate of drug-likeness (QED) is 0.207. The van der Waals surface area contributed by atoms with E-state index in [4.69, 9.17) is 9.72 Å². The molecular weight excluding hydrogens is 446 g/mol. The predicted molar refractivity (Wildman–Crippen MR) is 144 cm³/mol. The Hall–Kier alpha value is -4.51. The molecule has 0 saturated carbocycles. The number of nitrogens with one attached hydrogen (secondary N) is 1. The molecule has 36 heavy (non-hydrogen) atoms. The first-order valence-electron chi connectivity index (χ1n) is 12.2. The number of aromatic amines is 1. The van der Waals surface area contributed by atoms with E-state index >= 15 is 0 Å². The Kier molecular flexibility index (Phi) is 5.66. The van der Waals surface area contributed by atoms with Gasteiger partial charge in [-0.25, -0.2) is 4.98 Å². The molecule has 5 heteroatoms. The van der Waals surface area contributed by atoms with E-state index in [1.54, 1.807) is 12.3 Å². The Morgan fingerprint density at radius 2 is 1.78 bits per heavy atom. The van der Waals surface area contributed by atoms with Crippen molar-refractivity contribution in [1.82, 2.24) is 15.0 Å². The maximum Gasteiger partial charge on any atom is 0.311 e. The molecule has 0 fully saturated rings. The second-order valence-corrected chi connectivity index (χ2v) is 9.08. The fraction of sp³-hybridized carbons (Fsp3) is 0.129. The van der Waals surface area contributed by atoms with Gasteiger partial charge in [-0.1, -0.05) is 54.1 Å². The molecule has 0 unspecified atom stereocenters. The zero-order valence-electron chi connectivity index (χ0n) is 20.0. The Morgan fingerprint density at radius 3 is 2.72 bits per heavy atom. The molecule has 5 nitrogen and oxygen atoms in total. The summed E-state index contributed by atoms with van der Waals surface area (Å²) in [5, 5.41) is 3.23. The smallest absolute Gasteiger partial charge is 0.311 e. The number of rotatable bonds is 6. The summed E-state index contributed by atoms with van der Waals surface area (Å²) in [7, 11) is 0. The van der Waals surface area contributed by atoms with Crippen molar-refractivity contribution in [2.75, 3.05) is 0 Å². The lowest BCUT2D eigenvalue weighted by Gasteiger charge is -2.08. The summed E-state index contributed by atoms with van der Waals surface area (Å²) in [4.78, 5) is 25.6. The van der Waals surface area contributed by atoms with Crippen LogP contribution in [-0.2, 0) is 11.2 Å². The van der Waals surface area contributed by atoms with Crippen LogP contribution in [0.15, 0.2) is 91.1 Å². The highest BCUT2D eigenvalue weighted by atomic mass is 16.5. The van der Waals surface area contributed by atoms with Gasteiger partial charge in [0.05, 0.1) is 16.9 Å². The van der Waals surface area contributed by atoms with E-state index in [0.717, 1.165) is 39.6 Å². The molecule has 6 aromatic rings. The molecular formula is C31H25N3O2. The molecule has 0 bridgehead atoms. The van der Waals surface area contributed by atoms with Crippen LogP contribution in [0.1, 0.15) is 24.0 Å². The third-order valence-corrected chi connectivity index (χ3v) is 6.54. The number of benzene rings is 3. The van der Waals surface area contributed by atoms with Crippen LogP contribution in [-0.4, -0.2) is 20.9 Å². The molecule has 176 valence electrons. The van der Waals surface area contributed by atoms with E-state index in [-0.39, 0.29) is 5.97 Å². The molecule has 1 N–H and O–H groups in total. The molecule has 3 heterocycles. The maximum absolute atomic E-state index is 12.7. The normalized spacial score (nSPS) is 11.4. The highest BCUT2D eigenvalue weighted by Crippen LogP contribution is 2.32. The minimum Gasteiger partial charge on any atom is -0.424 e. The number of aryl methyl sites for hydroxylation is 2. The fourth-order valence-corrected chi connectivity index (χ4v) is 4.79. The average molecular weight is 472 g/mol. The first-order valence-corrected chi connectivity index (χ1v) is 12.2. The maximum atomic E-state index is 12.7. The molecule has 0 aliphatic heterocycles. The number of carbonyl (C=O) groups is 1. The average Bonchev–Trinajstić information content (AvgIpc) is 3.26. The van der Waals surface area contributed by atoms with Gasteiger partial charge in [-0.2, -0.15) is 0 Å². The van der Waals surface area contributed by atoms with Crippen molar-refractivity contribution >= 4 is 38.7 Å². The van der Waals surface area contributed by atoms with Gasteiger partial charge < -0.3 is 9.72 Å². The lowest BCUT2D eigenvalue weighted by atomic mass is 10.0. The number of carbonyl (C=O) groups excluding carboxylic acids is 1. The van der Waals surface area contributed by atoms with Crippen molar-refractivity contribution in [2.24, 2.45) is 0 Å². The van der Waals surface area contributed by atoms with Crippen molar-refractivity contribution < 1.29 is 9.53 Å². The zero-order chi connectivity index (χ0) is 24.5. The molecule has 3 aromatic carbocycles. The van der Waals surface area contributed by atoms with E-state index in [1.807, 2.05) is 42.5 Å². The number of aromatic nitrogens is 3. The molecule has 0 spiro atoms. The standard InChI is InChI=1S/C31H25N3O2/c1-20-14-16-26-24(19-20)23(31(34-26)27-17-15-21-7-2-3-11-25(21)33-27)10-5-13-29(35)36-28-12-4-8-22-9-6-18-32-30(22)28/h2-4,6-9,11-12,14-19,34H,5,10,13H2,1H3. The highest BCUT2D eigenvalue weighted by molar-refractivity contribution is 5.92. The molecule has 0 saturated heterocycles. The number of fused-ring (bicyclic) bond motifs is 3. The van der Waals surface area contributed by atoms with Gasteiger partial charge >= 0.3 is 5.97 Å². The third-order valence-electron chi connectivity index (χ3n) is 6.54. The molecule has 0 radical (unpaired) electrons. The van der Waals surface area contributed by atoms with Crippen LogP contribution in [0.25, 0.3) is 44.1 Å². The van der Waals surface area contributed by atoms with Gasteiger partial charge in [-0.05, 0) is 61.7 Å². The topological polar surface area (TPSA) is 67.9 Å². The van der Waals surface area contributed by atoms with E-state index in [2.05, 4.69) is 53.3 Å². The number of H-pyrrole nitrogens is 1. The first-order chi connectivity index (χ1) is 17.7. The van der Waals surface area contributed by atoms with Crippen LogP contribution in [0.3, 0.4) is 0 Å². The lowest BCUT2D eigenvalue weighted by molar-refractivity contribution is -0.134. The molecule has 6 rings (SSSR count). The molecule has 3 aromatic heterocycles. The summed E-state index contributed by atoms with van der Waals surface area (Å²) in [6, 6.07) is 28.2. The van der Waals surface area contributed by atoms with Crippen molar-refractivity contribution in [3.05, 3.63) is 102 Å². The van der Waals surface area contributed by atoms with E-state index in [1.165, 1.54) is 16.5 Å². The monoisotopic (exact) mass is 471 g/mol. The van der Waals surface area contributed by atoms with Gasteiger partial charge in [0.15, 0.2) is 5.75 Å². The summed E-state index contributed by atoms with van der Waals surface area (Å²) in [6.07, 6.45) is 3.42. The summed E-state index contributed by atoms with van der Waals surface area (Å²) in [5.74, 6) is 0.247. The highest BCUT2D eigenvalue weighted by Gasteiger charge is 2.16. The summed E-state index contributed by atoms with van der Waals surface area (Å²) < 4.78 is 5.70. The number of para-hydroxylation sites is 2. The predicted octanol–water partition coefficient (Wildman–Crippen LogP) is 7.17. The van der Waals surface area contributed by atoms with Crippen LogP contribution in [0.2, 0.25) is 0 Å². The third kappa shape index (κ3) is 4.20. The fourth-order valence-electron chi connectivity index (χ4n) is 4.79. The van der Waals surface area contributed by atoms with Gasteiger partial charge in [0, 0.05) is 34.3 Å². The number of pyridine rings is 2. The van der Waals surface area contributed by atoms with Crippen molar-refractivity contribution in [1.29, 1.82) is 0 Å². The van der Waals surface area contributed by atoms with Gasteiger partial charge in [-0.3, -0.25) is 9.78 Å². The number of ether oxygens (including phenoxy) is 1. The molecule has 0 atom stereocenters. The Bertz CT molecular complexity index is 1730. The van der Waals surface area contributed by atoms with Crippen LogP contribution in [0.4, 0.5) is 0 Å². The van der Waals surface area contributed by atoms with Gasteiger partial charge in [-0.15, -0.1) is 0 Å². The number of hydrogen-bond donors (Lipinski definition) is 1. The van der Waals surface area contributed by atoms with Gasteiger partial charge in [0.25, 0.3) is 0 Å². The van der Waals surface area contributed by atoms with Crippen molar-refractivity contribution in [2.45, 2.75) is 26.2 Å². The Labute approximate surface area is 208 Å². The van der Waals surface area contributed by atoms with Crippen molar-refractivity contribution in [3.63, 3.8) is 0 Å². The number of esters is 1. The second-order valence-electron chi connectivity index (χ2n) is 9.08. The minimum atomic E-state index is -0.255. The first kappa shape index (κ1) is 22.0. The van der Waals surface area contributed by atoms with Crippen LogP contribution < -0.4 is 4.74 Å². The van der Waals surface area contributed by atoms with Gasteiger partial charge in [0.2, 0.25) is 0 Å². The minimum absolute atomic E-state index is 0.255. The lowest BCUT2D eigenvalue weighted by Crippen LogP contribution is -2.08. The Morgan fingerprint density at radius 1 is 0.917 bits per heavy atom. The summed E-state index contributed by atoms with van der Waals surface area (Å²) >= 11 is 0. The molecule has 0 aliphatic rings. The SMILES string of the molecule is Cc1ccc2[nH]c(-c3ccc4ccccc4n3)c(CCCC(=O)Oc3cccc4cccnc34)c2c1. The Balaban J connectivity index is 1.26. The molecule has 0 amide bonds. The largest absolute Gasteiger partial charge is 0.424 e. The number of hydrogen-bond acceptors (Lipinski definition) is 4. The molecule has 0 aliphatic carbocycles. The van der Waals surface area contributed by atoms with Crippen molar-refractivity contribution in [3.8, 4) is 17.1 Å². The number of nitrogens with zero attached hydrogens (tertiary/aromatic N) is 2. The zero-order valence-corrected chi connectivity index (χ0v) is 20.0. The van der Waals surface area contributed by atoms with Crippen LogP contribution in [0, 0.1) is 6.92 Å². The second kappa shape index (κ2) is 9.27. The summed E-state index contributed by atoms with van der Waals surface area (Å²) in [5.41, 5.74) is 7.02. The van der Waals surface area contributed by atoms with E-state index in [0.29, 0.717) is 24.1 Å². The van der Waals surface area contributed by atoms with Gasteiger partial charge in [0.1, 0.15) is 5.52 Å². The van der Waals surface area contributed by atoms with E-state index in [9.17, 15) is 4.79 Å². The summed E-state index contributed by atoms with van der Waals surface area (Å²) in [6.45, 7) is 2.10.